The van der Waals surface area contributed by atoms with Gasteiger partial charge in [0, 0.05) is 28.7 Å². The molecular formula is C8H15ClOS. The van der Waals surface area contributed by atoms with E-state index in [2.05, 4.69) is 6.58 Å². The van der Waals surface area contributed by atoms with E-state index in [1.807, 2.05) is 6.08 Å². The minimum Gasteiger partial charge on any atom is -0.260 e. The van der Waals surface area contributed by atoms with Gasteiger partial charge < -0.3 is 0 Å². The molecule has 0 heterocycles. The molecule has 0 fully saturated rings. The van der Waals surface area contributed by atoms with E-state index in [4.69, 9.17) is 11.6 Å². The van der Waals surface area contributed by atoms with Gasteiger partial charge in [-0.1, -0.05) is 6.08 Å². The molecule has 0 aromatic heterocycles. The van der Waals surface area contributed by atoms with Crippen LogP contribution in [0.15, 0.2) is 12.7 Å². The second-order valence-corrected chi connectivity index (χ2v) is 4.47. The number of rotatable bonds is 6. The van der Waals surface area contributed by atoms with Crippen molar-refractivity contribution in [3.8, 4) is 0 Å². The molecule has 0 aliphatic heterocycles. The summed E-state index contributed by atoms with van der Waals surface area (Å²) in [7, 11) is -0.684. The molecule has 3 heteroatoms. The van der Waals surface area contributed by atoms with Gasteiger partial charge in [-0.15, -0.1) is 18.2 Å². The Morgan fingerprint density at radius 1 is 1.73 bits per heavy atom. The zero-order valence-corrected chi connectivity index (χ0v) is 8.46. The molecule has 2 atom stereocenters. The molecule has 0 radical (unpaired) electrons. The van der Waals surface area contributed by atoms with E-state index in [9.17, 15) is 4.21 Å². The van der Waals surface area contributed by atoms with Crippen LogP contribution in [0.3, 0.4) is 0 Å². The molecule has 11 heavy (non-hydrogen) atoms. The van der Waals surface area contributed by atoms with Crippen LogP contribution < -0.4 is 0 Å². The smallest absolute Gasteiger partial charge is 0.0255 e. The number of hydrogen-bond donors (Lipinski definition) is 0. The summed E-state index contributed by atoms with van der Waals surface area (Å²) in [4.78, 5) is 0. The van der Waals surface area contributed by atoms with Gasteiger partial charge in [0.1, 0.15) is 0 Å². The average molecular weight is 195 g/mol. The highest BCUT2D eigenvalue weighted by molar-refractivity contribution is 7.84. The molecule has 0 spiro atoms. The summed E-state index contributed by atoms with van der Waals surface area (Å²) >= 11 is 5.68. The van der Waals surface area contributed by atoms with Gasteiger partial charge in [-0.3, -0.25) is 4.21 Å². The fourth-order valence-corrected chi connectivity index (χ4v) is 1.77. The van der Waals surface area contributed by atoms with Crippen LogP contribution in [0.2, 0.25) is 0 Å². The van der Waals surface area contributed by atoms with E-state index in [-0.39, 0.29) is 0 Å². The molecule has 1 nitrogen and oxygen atoms in total. The molecule has 0 amide bonds. The van der Waals surface area contributed by atoms with Gasteiger partial charge in [0.25, 0.3) is 0 Å². The van der Waals surface area contributed by atoms with Crippen LogP contribution in [0, 0.1) is 5.92 Å². The first-order valence-electron chi connectivity index (χ1n) is 3.67. The Kier molecular flexibility index (Phi) is 6.98. The van der Waals surface area contributed by atoms with Crippen molar-refractivity contribution in [3.63, 3.8) is 0 Å². The third kappa shape index (κ3) is 6.57. The van der Waals surface area contributed by atoms with Crippen LogP contribution in [0.1, 0.15) is 12.8 Å². The standard InChI is InChI=1S/C8H15ClOS/c1-3-4-8(7-9)5-6-11(2)10/h3,8H,1,4-7H2,2H3. The maximum absolute atomic E-state index is 10.7. The third-order valence-corrected chi connectivity index (χ3v) is 2.78. The van der Waals surface area contributed by atoms with Gasteiger partial charge in [-0.25, -0.2) is 0 Å². The van der Waals surface area contributed by atoms with Gasteiger partial charge in [-0.05, 0) is 18.8 Å². The summed E-state index contributed by atoms with van der Waals surface area (Å²) in [5.74, 6) is 1.85. The first kappa shape index (κ1) is 11.2. The van der Waals surface area contributed by atoms with E-state index >= 15 is 0 Å². The third-order valence-electron chi connectivity index (χ3n) is 1.53. The van der Waals surface area contributed by atoms with Gasteiger partial charge in [0.05, 0.1) is 0 Å². The minimum atomic E-state index is -0.684. The van der Waals surface area contributed by atoms with Gasteiger partial charge in [0.15, 0.2) is 0 Å². The van der Waals surface area contributed by atoms with Gasteiger partial charge >= 0.3 is 0 Å². The lowest BCUT2D eigenvalue weighted by Crippen LogP contribution is -2.06. The first-order valence-corrected chi connectivity index (χ1v) is 5.93. The Morgan fingerprint density at radius 3 is 2.73 bits per heavy atom. The van der Waals surface area contributed by atoms with Crippen molar-refractivity contribution >= 4 is 22.4 Å². The van der Waals surface area contributed by atoms with Crippen molar-refractivity contribution in [1.29, 1.82) is 0 Å². The lowest BCUT2D eigenvalue weighted by Gasteiger charge is -2.08. The molecular weight excluding hydrogens is 180 g/mol. The van der Waals surface area contributed by atoms with E-state index in [0.717, 1.165) is 18.6 Å². The minimum absolute atomic E-state index is 0.457. The molecule has 0 saturated heterocycles. The number of halogens is 1. The Bertz CT molecular complexity index is 136. The molecule has 2 unspecified atom stereocenters. The highest BCUT2D eigenvalue weighted by Gasteiger charge is 2.05. The van der Waals surface area contributed by atoms with Crippen LogP contribution in [-0.2, 0) is 10.8 Å². The second-order valence-electron chi connectivity index (χ2n) is 2.61. The molecule has 0 aromatic rings. The SMILES string of the molecule is C=CCC(CCl)CCS(C)=O. The lowest BCUT2D eigenvalue weighted by molar-refractivity contribution is 0.578. The van der Waals surface area contributed by atoms with Crippen molar-refractivity contribution in [2.75, 3.05) is 17.9 Å². The zero-order chi connectivity index (χ0) is 8.69. The molecule has 0 rings (SSSR count). The predicted molar refractivity (Wildman–Crippen MR) is 52.6 cm³/mol. The van der Waals surface area contributed by atoms with Crippen molar-refractivity contribution in [2.45, 2.75) is 12.8 Å². The number of alkyl halides is 1. The fraction of sp³-hybridized carbons (Fsp3) is 0.750. The van der Waals surface area contributed by atoms with E-state index in [1.54, 1.807) is 6.26 Å². The van der Waals surface area contributed by atoms with Crippen LogP contribution >= 0.6 is 11.6 Å². The van der Waals surface area contributed by atoms with Crippen LogP contribution in [-0.4, -0.2) is 22.1 Å². The lowest BCUT2D eigenvalue weighted by atomic mass is 10.1. The van der Waals surface area contributed by atoms with Crippen LogP contribution in [0.5, 0.6) is 0 Å². The maximum Gasteiger partial charge on any atom is 0.0255 e. The molecule has 0 bridgehead atoms. The molecule has 66 valence electrons. The molecule has 0 aromatic carbocycles. The largest absolute Gasteiger partial charge is 0.260 e. The Morgan fingerprint density at radius 2 is 2.36 bits per heavy atom. The Labute approximate surface area is 76.3 Å². The second kappa shape index (κ2) is 6.86. The number of allylic oxidation sites excluding steroid dienone is 1. The van der Waals surface area contributed by atoms with Crippen molar-refractivity contribution in [3.05, 3.63) is 12.7 Å². The monoisotopic (exact) mass is 194 g/mol. The summed E-state index contributed by atoms with van der Waals surface area (Å²) in [5, 5.41) is 0. The summed E-state index contributed by atoms with van der Waals surface area (Å²) < 4.78 is 10.7. The maximum atomic E-state index is 10.7. The average Bonchev–Trinajstić information content (AvgIpc) is 1.97. The number of hydrogen-bond acceptors (Lipinski definition) is 1. The summed E-state index contributed by atoms with van der Waals surface area (Å²) in [6.45, 7) is 3.64. The fourth-order valence-electron chi connectivity index (χ4n) is 0.826. The molecule has 0 aliphatic carbocycles. The topological polar surface area (TPSA) is 17.1 Å². The molecule has 0 N–H and O–H groups in total. The van der Waals surface area contributed by atoms with Crippen LogP contribution in [0.25, 0.3) is 0 Å². The first-order chi connectivity index (χ1) is 5.20. The van der Waals surface area contributed by atoms with E-state index < -0.39 is 10.8 Å². The normalized spacial score (nSPS) is 15.8. The molecule has 0 aliphatic rings. The predicted octanol–water partition coefficient (Wildman–Crippen LogP) is 2.19. The van der Waals surface area contributed by atoms with Gasteiger partial charge in [0.2, 0.25) is 0 Å². The van der Waals surface area contributed by atoms with E-state index in [1.165, 1.54) is 0 Å². The highest BCUT2D eigenvalue weighted by atomic mass is 35.5. The Hall–Kier alpha value is 0.180. The highest BCUT2D eigenvalue weighted by Crippen LogP contribution is 2.11. The van der Waals surface area contributed by atoms with Crippen molar-refractivity contribution in [2.24, 2.45) is 5.92 Å². The zero-order valence-electron chi connectivity index (χ0n) is 6.88. The van der Waals surface area contributed by atoms with Gasteiger partial charge in [-0.2, -0.15) is 0 Å². The summed E-state index contributed by atoms with van der Waals surface area (Å²) in [5.41, 5.74) is 0. The molecule has 0 saturated carbocycles. The van der Waals surface area contributed by atoms with Crippen molar-refractivity contribution < 1.29 is 4.21 Å². The van der Waals surface area contributed by atoms with E-state index in [0.29, 0.717) is 11.8 Å². The Balaban J connectivity index is 3.51. The summed E-state index contributed by atoms with van der Waals surface area (Å²) in [6, 6.07) is 0. The van der Waals surface area contributed by atoms with Crippen LogP contribution in [0.4, 0.5) is 0 Å². The van der Waals surface area contributed by atoms with Crippen molar-refractivity contribution in [1.82, 2.24) is 0 Å². The summed E-state index contributed by atoms with van der Waals surface area (Å²) in [6.07, 6.45) is 5.46. The quantitative estimate of drug-likeness (QED) is 0.468.